The predicted octanol–water partition coefficient (Wildman–Crippen LogP) is 4.12. The van der Waals surface area contributed by atoms with Gasteiger partial charge in [-0.1, -0.05) is 18.2 Å². The number of halogens is 1. The zero-order chi connectivity index (χ0) is 19.9. The van der Waals surface area contributed by atoms with Crippen LogP contribution in [0.4, 0.5) is 20.6 Å². The van der Waals surface area contributed by atoms with Gasteiger partial charge in [0.15, 0.2) is 0 Å². The summed E-state index contributed by atoms with van der Waals surface area (Å²) in [5.41, 5.74) is 2.78. The first-order valence-electron chi connectivity index (χ1n) is 9.79. The highest BCUT2D eigenvalue weighted by Crippen LogP contribution is 2.26. The van der Waals surface area contributed by atoms with Crippen LogP contribution in [0.15, 0.2) is 48.5 Å². The maximum Gasteiger partial charge on any atom is 0.321 e. The number of anilines is 2. The molecule has 5 nitrogen and oxygen atoms in total. The summed E-state index contributed by atoms with van der Waals surface area (Å²) in [6.45, 7) is 3.29. The van der Waals surface area contributed by atoms with E-state index in [9.17, 15) is 14.0 Å². The van der Waals surface area contributed by atoms with Gasteiger partial charge in [0.1, 0.15) is 5.82 Å². The number of hydrogen-bond donors (Lipinski definition) is 1. The number of nitrogens with one attached hydrogen (secondary N) is 1. The number of rotatable bonds is 5. The molecule has 6 heteroatoms. The molecule has 1 heterocycles. The molecule has 1 aliphatic rings. The molecular weight excluding hydrogens is 357 g/mol. The summed E-state index contributed by atoms with van der Waals surface area (Å²) in [6, 6.07) is 13.6. The smallest absolute Gasteiger partial charge is 0.321 e. The largest absolute Gasteiger partial charge is 0.337 e. The molecule has 0 bridgehead atoms. The lowest BCUT2D eigenvalue weighted by Crippen LogP contribution is -2.42. The van der Waals surface area contributed by atoms with Crippen molar-refractivity contribution in [3.8, 4) is 0 Å². The van der Waals surface area contributed by atoms with Gasteiger partial charge in [-0.3, -0.25) is 9.69 Å². The van der Waals surface area contributed by atoms with Crippen LogP contribution in [0.2, 0.25) is 0 Å². The molecule has 0 spiro atoms. The minimum atomic E-state index is -0.336. The minimum absolute atomic E-state index is 0.106. The Kier molecular flexibility index (Phi) is 6.63. The van der Waals surface area contributed by atoms with Crippen molar-refractivity contribution < 1.29 is 14.0 Å². The number of carbonyl (C=O) groups excluding carboxylic acids is 2. The van der Waals surface area contributed by atoms with Crippen molar-refractivity contribution in [2.45, 2.75) is 32.6 Å². The van der Waals surface area contributed by atoms with E-state index < -0.39 is 0 Å². The quantitative estimate of drug-likeness (QED) is 0.844. The van der Waals surface area contributed by atoms with Crippen LogP contribution in [0.1, 0.15) is 31.7 Å². The Hall–Kier alpha value is -2.89. The second-order valence-corrected chi connectivity index (χ2v) is 6.83. The van der Waals surface area contributed by atoms with Gasteiger partial charge in [0.25, 0.3) is 0 Å². The monoisotopic (exact) mass is 383 g/mol. The predicted molar refractivity (Wildman–Crippen MR) is 109 cm³/mol. The lowest BCUT2D eigenvalue weighted by Gasteiger charge is -2.24. The minimum Gasteiger partial charge on any atom is -0.337 e. The highest BCUT2D eigenvalue weighted by molar-refractivity contribution is 5.95. The molecular formula is C22H26FN3O2. The number of amides is 3. The van der Waals surface area contributed by atoms with Crippen LogP contribution in [-0.4, -0.2) is 31.6 Å². The Morgan fingerprint density at radius 2 is 1.86 bits per heavy atom. The summed E-state index contributed by atoms with van der Waals surface area (Å²) in [5.74, 6) is -0.442. The molecule has 0 saturated heterocycles. The van der Waals surface area contributed by atoms with Crippen molar-refractivity contribution in [2.75, 3.05) is 29.4 Å². The summed E-state index contributed by atoms with van der Waals surface area (Å²) < 4.78 is 13.1. The molecule has 1 N–H and O–H groups in total. The van der Waals surface area contributed by atoms with E-state index in [0.29, 0.717) is 18.8 Å². The summed E-state index contributed by atoms with van der Waals surface area (Å²) in [7, 11) is 0. The van der Waals surface area contributed by atoms with Crippen LogP contribution < -0.4 is 15.1 Å². The highest BCUT2D eigenvalue weighted by atomic mass is 19.1. The van der Waals surface area contributed by atoms with Gasteiger partial charge in [0.05, 0.1) is 0 Å². The zero-order valence-electron chi connectivity index (χ0n) is 16.2. The summed E-state index contributed by atoms with van der Waals surface area (Å²) >= 11 is 0. The van der Waals surface area contributed by atoms with Gasteiger partial charge in [0, 0.05) is 37.4 Å². The van der Waals surface area contributed by atoms with Gasteiger partial charge >= 0.3 is 6.03 Å². The van der Waals surface area contributed by atoms with Crippen molar-refractivity contribution in [3.05, 3.63) is 59.9 Å². The molecule has 148 valence electrons. The van der Waals surface area contributed by atoms with Gasteiger partial charge in [0.2, 0.25) is 5.91 Å². The normalized spacial score (nSPS) is 13.4. The number of nitrogens with zero attached hydrogens (tertiary/aromatic N) is 2. The van der Waals surface area contributed by atoms with E-state index >= 15 is 0 Å². The molecule has 0 saturated carbocycles. The third-order valence-corrected chi connectivity index (χ3v) is 4.98. The van der Waals surface area contributed by atoms with Gasteiger partial charge in [-0.05, 0) is 62.1 Å². The van der Waals surface area contributed by atoms with Crippen LogP contribution in [0.5, 0.6) is 0 Å². The van der Waals surface area contributed by atoms with Crippen molar-refractivity contribution in [1.82, 2.24) is 5.32 Å². The topological polar surface area (TPSA) is 52.7 Å². The number of benzene rings is 2. The van der Waals surface area contributed by atoms with Gasteiger partial charge < -0.3 is 10.2 Å². The number of urea groups is 1. The first kappa shape index (κ1) is 19.9. The lowest BCUT2D eigenvalue weighted by atomic mass is 10.1. The Morgan fingerprint density at radius 3 is 2.61 bits per heavy atom. The van der Waals surface area contributed by atoms with E-state index in [0.717, 1.165) is 24.9 Å². The molecule has 3 rings (SSSR count). The molecule has 0 atom stereocenters. The molecule has 2 aromatic carbocycles. The Balaban J connectivity index is 1.57. The Morgan fingerprint density at radius 1 is 1.11 bits per heavy atom. The van der Waals surface area contributed by atoms with Gasteiger partial charge in [-0.2, -0.15) is 0 Å². The van der Waals surface area contributed by atoms with E-state index in [1.165, 1.54) is 17.7 Å². The van der Waals surface area contributed by atoms with Gasteiger partial charge in [-0.15, -0.1) is 0 Å². The van der Waals surface area contributed by atoms with Crippen LogP contribution in [0, 0.1) is 5.82 Å². The van der Waals surface area contributed by atoms with Crippen molar-refractivity contribution in [1.29, 1.82) is 0 Å². The van der Waals surface area contributed by atoms with Crippen LogP contribution >= 0.6 is 0 Å². The van der Waals surface area contributed by atoms with Gasteiger partial charge in [-0.25, -0.2) is 9.18 Å². The van der Waals surface area contributed by atoms with Crippen LogP contribution in [-0.2, 0) is 11.2 Å². The SMILES string of the molecule is CCN(C(=O)CCNC(=O)N1CCCCc2ccccc21)c1ccc(F)cc1. The second kappa shape index (κ2) is 9.35. The van der Waals surface area contributed by atoms with E-state index in [2.05, 4.69) is 11.4 Å². The maximum atomic E-state index is 13.1. The molecule has 0 radical (unpaired) electrons. The standard InChI is InChI=1S/C22H26FN3O2/c1-2-25(19-12-10-18(23)11-13-19)21(27)14-15-24-22(28)26-16-6-5-8-17-7-3-4-9-20(17)26/h3-4,7,9-13H,2,5-6,8,14-16H2,1H3,(H,24,28). The first-order valence-corrected chi connectivity index (χ1v) is 9.79. The average Bonchev–Trinajstić information content (AvgIpc) is 2.92. The van der Waals surface area contributed by atoms with Crippen molar-refractivity contribution >= 4 is 23.3 Å². The van der Waals surface area contributed by atoms with E-state index in [4.69, 9.17) is 0 Å². The first-order chi connectivity index (χ1) is 13.6. The van der Waals surface area contributed by atoms with E-state index in [1.807, 2.05) is 25.1 Å². The number of carbonyl (C=O) groups is 2. The van der Waals surface area contributed by atoms with E-state index in [1.54, 1.807) is 21.9 Å². The molecule has 0 unspecified atom stereocenters. The third-order valence-electron chi connectivity index (χ3n) is 4.98. The number of hydrogen-bond acceptors (Lipinski definition) is 2. The summed E-state index contributed by atoms with van der Waals surface area (Å²) in [4.78, 5) is 28.6. The molecule has 0 aliphatic carbocycles. The third kappa shape index (κ3) is 4.68. The second-order valence-electron chi connectivity index (χ2n) is 6.83. The molecule has 3 amide bonds. The molecule has 28 heavy (non-hydrogen) atoms. The van der Waals surface area contributed by atoms with Crippen LogP contribution in [0.3, 0.4) is 0 Å². The maximum absolute atomic E-state index is 13.1. The Labute approximate surface area is 165 Å². The highest BCUT2D eigenvalue weighted by Gasteiger charge is 2.21. The molecule has 1 aliphatic heterocycles. The van der Waals surface area contributed by atoms with Crippen molar-refractivity contribution in [2.24, 2.45) is 0 Å². The van der Waals surface area contributed by atoms with Crippen LogP contribution in [0.25, 0.3) is 0 Å². The fourth-order valence-electron chi connectivity index (χ4n) is 3.53. The summed E-state index contributed by atoms with van der Waals surface area (Å²) in [6.07, 6.45) is 3.17. The zero-order valence-corrected chi connectivity index (χ0v) is 16.2. The fraction of sp³-hybridized carbons (Fsp3) is 0.364. The van der Waals surface area contributed by atoms with E-state index in [-0.39, 0.29) is 30.7 Å². The number of fused-ring (bicyclic) bond motifs is 1. The lowest BCUT2D eigenvalue weighted by molar-refractivity contribution is -0.118. The molecule has 2 aromatic rings. The fourth-order valence-corrected chi connectivity index (χ4v) is 3.53. The molecule has 0 fully saturated rings. The summed E-state index contributed by atoms with van der Waals surface area (Å²) in [5, 5.41) is 2.87. The van der Waals surface area contributed by atoms with Crippen molar-refractivity contribution in [3.63, 3.8) is 0 Å². The Bertz CT molecular complexity index is 823. The molecule has 0 aromatic heterocycles. The number of aryl methyl sites for hydroxylation is 1. The number of para-hydroxylation sites is 1. The average molecular weight is 383 g/mol.